The van der Waals surface area contributed by atoms with Gasteiger partial charge in [0.2, 0.25) is 17.7 Å². The van der Waals surface area contributed by atoms with Crippen molar-refractivity contribution in [3.63, 3.8) is 0 Å². The highest BCUT2D eigenvalue weighted by Gasteiger charge is 2.51. The van der Waals surface area contributed by atoms with Crippen molar-refractivity contribution in [3.8, 4) is 0 Å². The monoisotopic (exact) mass is 1430 g/mol. The van der Waals surface area contributed by atoms with E-state index in [0.29, 0.717) is 92.1 Å². The summed E-state index contributed by atoms with van der Waals surface area (Å²) in [5, 5.41) is 73.8. The molecule has 34 nitrogen and oxygen atoms in total. The zero-order valence-corrected chi connectivity index (χ0v) is 59.7. The first-order valence-electron chi connectivity index (χ1n) is 32.9. The predicted molar refractivity (Wildman–Crippen MR) is 343 cm³/mol. The molecule has 568 valence electrons. The SMILES string of the molecule is CC(=O)NC1C(OCCOCCOCCOCCC(=O)O)OC(CO)C(O)C1O.CCC1OC(OCCOCCOCCOCCC(=O)O)C(NC(C)=O)C(OC(C)=O)C1C.CCC1OC(OCCOCCOCCOCCC(=O)O)C(NC(C)=O)C(O[Si](C)(C)C(C)(C)C)C1O. The van der Waals surface area contributed by atoms with E-state index < -0.39 is 124 Å². The highest BCUT2D eigenvalue weighted by atomic mass is 28.4. The molecule has 3 amide bonds. The first-order chi connectivity index (χ1) is 45.9. The van der Waals surface area contributed by atoms with Crippen LogP contribution in [0.25, 0.3) is 0 Å². The van der Waals surface area contributed by atoms with Crippen LogP contribution in [-0.4, -0.2) is 317 Å². The molecule has 0 aliphatic carbocycles. The second kappa shape index (κ2) is 51.8. The van der Waals surface area contributed by atoms with Gasteiger partial charge in [-0.05, 0) is 31.0 Å². The zero-order valence-electron chi connectivity index (χ0n) is 58.7. The molecule has 15 unspecified atom stereocenters. The molecule has 0 saturated carbocycles. The Kier molecular flexibility index (Phi) is 48.4. The number of amides is 3. The van der Waals surface area contributed by atoms with Crippen molar-refractivity contribution < 1.29 is 150 Å². The third-order valence-electron chi connectivity index (χ3n) is 15.2. The molecule has 3 saturated heterocycles. The van der Waals surface area contributed by atoms with Gasteiger partial charge in [0.1, 0.15) is 48.6 Å². The van der Waals surface area contributed by atoms with Crippen LogP contribution in [0, 0.1) is 5.92 Å². The van der Waals surface area contributed by atoms with Gasteiger partial charge < -0.3 is 132 Å². The average molecular weight is 1430 g/mol. The lowest BCUT2D eigenvalue weighted by Gasteiger charge is -2.49. The standard InChI is InChI=1S/C24H47NO10Si.C21H37NO10.C17H31NO11/c1-8-18-21(29)22(35-36(6,7)24(3,4)5)20(25-17(2)26)23(34-18)33-16-15-32-14-13-31-12-11-30-10-9-19(27)28;1-5-17-14(2)20(31-16(4)24)19(22-15(3)23)21(32-17)30-13-12-29-11-10-28-9-8-27-7-6-18(25)26;1-11(20)18-14-16(24)15(23)12(10-19)29-17(14)28-9-8-27-7-6-26-5-4-25-3-2-13(21)22/h18,20-23,29H,8-16H2,1-7H3,(H,25,26)(H,27,28);14,17,19-21H,5-13H2,1-4H3,(H,22,23)(H,25,26);12,14-17,19,23-24H,2-10H2,1H3,(H,18,20)(H,21,22). The topological polar surface area (TPSA) is 454 Å². The highest BCUT2D eigenvalue weighted by molar-refractivity contribution is 6.74. The van der Waals surface area contributed by atoms with Crippen molar-refractivity contribution in [1.29, 1.82) is 0 Å². The van der Waals surface area contributed by atoms with Gasteiger partial charge in [-0.2, -0.15) is 0 Å². The van der Waals surface area contributed by atoms with E-state index in [9.17, 15) is 54.0 Å². The number of carboxylic acids is 3. The van der Waals surface area contributed by atoms with Crippen LogP contribution in [0.15, 0.2) is 0 Å². The Bertz CT molecular complexity index is 2170. The van der Waals surface area contributed by atoms with Gasteiger partial charge in [0, 0.05) is 33.6 Å². The van der Waals surface area contributed by atoms with Gasteiger partial charge in [-0.1, -0.05) is 41.5 Å². The third-order valence-corrected chi connectivity index (χ3v) is 19.7. The number of carbonyl (C=O) groups is 7. The first kappa shape index (κ1) is 90.7. The van der Waals surface area contributed by atoms with Crippen LogP contribution >= 0.6 is 0 Å². The maximum Gasteiger partial charge on any atom is 0.305 e. The number of carbonyl (C=O) groups excluding carboxylic acids is 4. The molecule has 0 aromatic heterocycles. The van der Waals surface area contributed by atoms with Crippen molar-refractivity contribution >= 4 is 49.9 Å². The van der Waals surface area contributed by atoms with Crippen molar-refractivity contribution in [3.05, 3.63) is 0 Å². The number of carboxylic acid groups (broad SMARTS) is 3. The molecule has 0 radical (unpaired) electrons. The van der Waals surface area contributed by atoms with Gasteiger partial charge in [-0.3, -0.25) is 33.6 Å². The Morgan fingerprint density at radius 1 is 0.423 bits per heavy atom. The van der Waals surface area contributed by atoms with Gasteiger partial charge in [0.15, 0.2) is 27.2 Å². The molecular weight excluding hydrogens is 1310 g/mol. The fraction of sp³-hybridized carbons (Fsp3) is 0.887. The number of ether oxygens (including phenoxy) is 16. The van der Waals surface area contributed by atoms with E-state index in [4.69, 9.17) is 95.5 Å². The molecular formula is C62H115N3O31Si. The van der Waals surface area contributed by atoms with Crippen molar-refractivity contribution in [2.24, 2.45) is 5.92 Å². The molecule has 3 aliphatic heterocycles. The number of aliphatic hydroxyl groups excluding tert-OH is 4. The molecule has 3 aliphatic rings. The Hall–Kier alpha value is -4.29. The minimum atomic E-state index is -2.27. The lowest BCUT2D eigenvalue weighted by atomic mass is 9.87. The summed E-state index contributed by atoms with van der Waals surface area (Å²) in [5.74, 6) is -4.21. The van der Waals surface area contributed by atoms with E-state index in [1.165, 1.54) is 27.7 Å². The van der Waals surface area contributed by atoms with Crippen LogP contribution < -0.4 is 16.0 Å². The van der Waals surface area contributed by atoms with Crippen LogP contribution in [0.2, 0.25) is 18.1 Å². The third kappa shape index (κ3) is 39.5. The normalized spacial score (nSPS) is 25.7. The molecule has 35 heteroatoms. The number of nitrogens with one attached hydrogen (secondary N) is 3. The summed E-state index contributed by atoms with van der Waals surface area (Å²) < 4.78 is 94.4. The minimum Gasteiger partial charge on any atom is -0.481 e. The second-order valence-corrected chi connectivity index (χ2v) is 28.9. The fourth-order valence-corrected chi connectivity index (χ4v) is 10.6. The smallest absolute Gasteiger partial charge is 0.305 e. The lowest BCUT2D eigenvalue weighted by molar-refractivity contribution is -0.272. The van der Waals surface area contributed by atoms with E-state index in [2.05, 4.69) is 49.8 Å². The van der Waals surface area contributed by atoms with Gasteiger partial charge >= 0.3 is 23.9 Å². The summed E-state index contributed by atoms with van der Waals surface area (Å²) in [6, 6.07) is -2.28. The van der Waals surface area contributed by atoms with E-state index in [1.807, 2.05) is 20.8 Å². The average Bonchev–Trinajstić information content (AvgIpc) is 0.798. The van der Waals surface area contributed by atoms with Crippen molar-refractivity contribution in [2.45, 2.75) is 205 Å². The molecule has 97 heavy (non-hydrogen) atoms. The predicted octanol–water partition coefficient (Wildman–Crippen LogP) is 0.124. The van der Waals surface area contributed by atoms with Crippen molar-refractivity contribution in [1.82, 2.24) is 16.0 Å². The van der Waals surface area contributed by atoms with E-state index in [0.717, 1.165) is 0 Å². The van der Waals surface area contributed by atoms with Crippen LogP contribution in [0.5, 0.6) is 0 Å². The first-order valence-corrected chi connectivity index (χ1v) is 35.8. The highest BCUT2D eigenvalue weighted by Crippen LogP contribution is 2.40. The number of esters is 1. The van der Waals surface area contributed by atoms with E-state index >= 15 is 0 Å². The van der Waals surface area contributed by atoms with E-state index in [1.54, 1.807) is 0 Å². The zero-order chi connectivity index (χ0) is 72.9. The Labute approximate surface area is 570 Å². The fourth-order valence-electron chi connectivity index (χ4n) is 9.27. The summed E-state index contributed by atoms with van der Waals surface area (Å²) in [6.45, 7) is 27.0. The molecule has 0 spiro atoms. The Balaban J connectivity index is 0.000000732. The number of rotatable bonds is 48. The van der Waals surface area contributed by atoms with E-state index in [-0.39, 0.29) is 108 Å². The van der Waals surface area contributed by atoms with Gasteiger partial charge in [-0.25, -0.2) is 0 Å². The summed E-state index contributed by atoms with van der Waals surface area (Å²) in [5.41, 5.74) is 0. The molecule has 15 atom stereocenters. The van der Waals surface area contributed by atoms with Gasteiger partial charge in [-0.15, -0.1) is 0 Å². The summed E-state index contributed by atoms with van der Waals surface area (Å²) in [4.78, 5) is 77.6. The molecule has 0 aromatic carbocycles. The minimum absolute atomic E-state index is 0.0300. The van der Waals surface area contributed by atoms with Crippen LogP contribution in [0.1, 0.15) is 101 Å². The molecule has 0 aromatic rings. The number of hydrogen-bond donors (Lipinski definition) is 10. The maximum absolute atomic E-state index is 12.0. The maximum atomic E-state index is 12.0. The molecule has 10 N–H and O–H groups in total. The largest absolute Gasteiger partial charge is 0.481 e. The summed E-state index contributed by atoms with van der Waals surface area (Å²) >= 11 is 0. The Morgan fingerprint density at radius 3 is 1.03 bits per heavy atom. The van der Waals surface area contributed by atoms with Crippen molar-refractivity contribution in [2.75, 3.05) is 145 Å². The van der Waals surface area contributed by atoms with Crippen LogP contribution in [0.4, 0.5) is 0 Å². The lowest BCUT2D eigenvalue weighted by Crippen LogP contribution is -2.67. The van der Waals surface area contributed by atoms with Crippen LogP contribution in [-0.2, 0) is 114 Å². The summed E-state index contributed by atoms with van der Waals surface area (Å²) in [6.07, 6.45) is -8.00. The Morgan fingerprint density at radius 2 is 0.722 bits per heavy atom. The molecule has 0 bridgehead atoms. The molecule has 3 heterocycles. The summed E-state index contributed by atoms with van der Waals surface area (Å²) in [7, 11) is -2.27. The molecule has 3 fully saturated rings. The second-order valence-electron chi connectivity index (χ2n) is 24.1. The number of aliphatic carboxylic acids is 3. The van der Waals surface area contributed by atoms with Crippen LogP contribution in [0.3, 0.4) is 0 Å². The molecule has 3 rings (SSSR count). The van der Waals surface area contributed by atoms with Gasteiger partial charge in [0.25, 0.3) is 0 Å². The quantitative estimate of drug-likeness (QED) is 0.0220. The number of hydrogen-bond acceptors (Lipinski definition) is 28. The van der Waals surface area contributed by atoms with Gasteiger partial charge in [0.05, 0.1) is 183 Å². The number of aliphatic hydroxyl groups is 4.